The van der Waals surface area contributed by atoms with Crippen molar-refractivity contribution in [3.8, 4) is 5.75 Å². The predicted octanol–water partition coefficient (Wildman–Crippen LogP) is 2.44. The van der Waals surface area contributed by atoms with Gasteiger partial charge in [0.1, 0.15) is 11.6 Å². The van der Waals surface area contributed by atoms with E-state index in [0.29, 0.717) is 11.7 Å². The fraction of sp³-hybridized carbons (Fsp3) is 0.450. The molecule has 6 nitrogen and oxygen atoms in total. The molecule has 1 amide bonds. The van der Waals surface area contributed by atoms with Crippen LogP contribution >= 0.6 is 0 Å². The van der Waals surface area contributed by atoms with Crippen LogP contribution in [0.3, 0.4) is 0 Å². The summed E-state index contributed by atoms with van der Waals surface area (Å²) < 4.78 is 19.6. The van der Waals surface area contributed by atoms with E-state index in [-0.39, 0.29) is 24.1 Å². The van der Waals surface area contributed by atoms with Crippen molar-refractivity contribution in [2.24, 2.45) is 5.92 Å². The zero-order chi connectivity index (χ0) is 19.2. The molecule has 1 aromatic carbocycles. The Labute approximate surface area is 158 Å². The molecular formula is C20H26FN3O3. The van der Waals surface area contributed by atoms with E-state index in [2.05, 4.69) is 16.0 Å². The summed E-state index contributed by atoms with van der Waals surface area (Å²) in [7, 11) is 1.81. The second kappa shape index (κ2) is 8.90. The van der Waals surface area contributed by atoms with E-state index in [1.54, 1.807) is 13.1 Å². The molecule has 1 fully saturated rings. The summed E-state index contributed by atoms with van der Waals surface area (Å²) >= 11 is 0. The number of anilines is 1. The van der Waals surface area contributed by atoms with Crippen LogP contribution < -0.4 is 20.7 Å². The molecule has 146 valence electrons. The van der Waals surface area contributed by atoms with Crippen molar-refractivity contribution in [3.05, 3.63) is 47.9 Å². The van der Waals surface area contributed by atoms with Gasteiger partial charge >= 0.3 is 0 Å². The van der Waals surface area contributed by atoms with E-state index in [1.807, 2.05) is 18.2 Å². The van der Waals surface area contributed by atoms with Crippen molar-refractivity contribution in [1.29, 1.82) is 0 Å². The van der Waals surface area contributed by atoms with Crippen LogP contribution in [0.4, 0.5) is 10.1 Å². The van der Waals surface area contributed by atoms with E-state index < -0.39 is 12.1 Å². The molecule has 1 aliphatic carbocycles. The largest absolute Gasteiger partial charge is 0.466 e. The van der Waals surface area contributed by atoms with Gasteiger partial charge in [0.05, 0.1) is 5.57 Å². The highest BCUT2D eigenvalue weighted by atomic mass is 19.1. The maximum Gasteiger partial charge on any atom is 0.253 e. The fourth-order valence-electron chi connectivity index (χ4n) is 3.41. The minimum atomic E-state index is -0.773. The van der Waals surface area contributed by atoms with Crippen molar-refractivity contribution in [3.63, 3.8) is 0 Å². The van der Waals surface area contributed by atoms with E-state index in [4.69, 9.17) is 4.74 Å². The summed E-state index contributed by atoms with van der Waals surface area (Å²) in [5, 5.41) is 18.0. The second-order valence-electron chi connectivity index (χ2n) is 6.94. The maximum atomic E-state index is 13.7. The Bertz CT molecular complexity index is 727. The topological polar surface area (TPSA) is 82.6 Å². The number of carbonyl (C=O) groups excluding carboxylic acids is 1. The quantitative estimate of drug-likeness (QED) is 0.614. The first kappa shape index (κ1) is 19.2. The van der Waals surface area contributed by atoms with Crippen molar-refractivity contribution in [1.82, 2.24) is 10.6 Å². The maximum absolute atomic E-state index is 13.7. The predicted molar refractivity (Wildman–Crippen MR) is 102 cm³/mol. The number of halogens is 1. The molecule has 1 aromatic rings. The smallest absolute Gasteiger partial charge is 0.253 e. The molecule has 2 aliphatic rings. The number of benzene rings is 1. The first-order chi connectivity index (χ1) is 13.1. The van der Waals surface area contributed by atoms with Crippen molar-refractivity contribution >= 4 is 11.6 Å². The molecule has 0 spiro atoms. The highest BCUT2D eigenvalue weighted by molar-refractivity contribution is 5.95. The van der Waals surface area contributed by atoms with E-state index >= 15 is 0 Å². The first-order valence-corrected chi connectivity index (χ1v) is 9.28. The highest BCUT2D eigenvalue weighted by Gasteiger charge is 2.29. The number of carbonyl (C=O) groups is 1. The third kappa shape index (κ3) is 5.01. The lowest BCUT2D eigenvalue weighted by molar-refractivity contribution is -0.119. The molecule has 0 radical (unpaired) electrons. The van der Waals surface area contributed by atoms with E-state index in [9.17, 15) is 14.3 Å². The van der Waals surface area contributed by atoms with Crippen molar-refractivity contribution < 1.29 is 19.0 Å². The summed E-state index contributed by atoms with van der Waals surface area (Å²) in [6.07, 6.45) is 5.00. The highest BCUT2D eigenvalue weighted by Crippen LogP contribution is 2.25. The molecule has 1 aliphatic heterocycles. The number of hydrogen-bond acceptors (Lipinski definition) is 5. The molecule has 4 N–H and O–H groups in total. The SMILES string of the molecule is CNc1cccc(OC2NC=C(F)C=C2C(=O)NC2CCC(CO)CC2)c1. The van der Waals surface area contributed by atoms with Gasteiger partial charge in [-0.25, -0.2) is 4.39 Å². The number of hydrogen-bond donors (Lipinski definition) is 4. The van der Waals surface area contributed by atoms with Crippen LogP contribution in [-0.4, -0.2) is 36.9 Å². The van der Waals surface area contributed by atoms with Gasteiger partial charge in [0.2, 0.25) is 6.23 Å². The van der Waals surface area contributed by atoms with Gasteiger partial charge in [-0.2, -0.15) is 0 Å². The van der Waals surface area contributed by atoms with E-state index in [0.717, 1.165) is 31.4 Å². The molecule has 7 heteroatoms. The lowest BCUT2D eigenvalue weighted by atomic mass is 9.86. The Morgan fingerprint density at radius 1 is 1.33 bits per heavy atom. The molecule has 1 heterocycles. The number of dihydropyridines is 1. The molecule has 1 atom stereocenters. The summed E-state index contributed by atoms with van der Waals surface area (Å²) in [6, 6.07) is 7.35. The van der Waals surface area contributed by atoms with Gasteiger partial charge in [-0.15, -0.1) is 0 Å². The zero-order valence-electron chi connectivity index (χ0n) is 15.4. The Balaban J connectivity index is 1.66. The zero-order valence-corrected chi connectivity index (χ0v) is 15.4. The number of rotatable bonds is 6. The molecule has 0 aromatic heterocycles. The van der Waals surface area contributed by atoms with Crippen molar-refractivity contribution in [2.45, 2.75) is 38.0 Å². The van der Waals surface area contributed by atoms with Crippen molar-refractivity contribution in [2.75, 3.05) is 19.0 Å². The summed E-state index contributed by atoms with van der Waals surface area (Å²) in [6.45, 7) is 0.188. The number of aliphatic hydroxyl groups is 1. The molecular weight excluding hydrogens is 349 g/mol. The van der Waals surface area contributed by atoms with Crippen LogP contribution in [0.15, 0.2) is 47.9 Å². The van der Waals surface area contributed by atoms with Crippen LogP contribution in [0.25, 0.3) is 0 Å². The van der Waals surface area contributed by atoms with Crippen LogP contribution in [0, 0.1) is 5.92 Å². The van der Waals surface area contributed by atoms with Gasteiger partial charge in [-0.1, -0.05) is 6.07 Å². The molecule has 1 unspecified atom stereocenters. The summed E-state index contributed by atoms with van der Waals surface area (Å²) in [5.41, 5.74) is 1.08. The molecule has 27 heavy (non-hydrogen) atoms. The van der Waals surface area contributed by atoms with Gasteiger partial charge in [-0.3, -0.25) is 4.79 Å². The van der Waals surface area contributed by atoms with Crippen LogP contribution in [0.5, 0.6) is 5.75 Å². The van der Waals surface area contributed by atoms with Crippen LogP contribution in [0.1, 0.15) is 25.7 Å². The fourth-order valence-corrected chi connectivity index (χ4v) is 3.41. The van der Waals surface area contributed by atoms with Gasteiger partial charge in [0.25, 0.3) is 5.91 Å². The lowest BCUT2D eigenvalue weighted by Crippen LogP contribution is -2.45. The minimum Gasteiger partial charge on any atom is -0.466 e. The molecule has 3 rings (SSSR count). The Morgan fingerprint density at radius 3 is 2.81 bits per heavy atom. The van der Waals surface area contributed by atoms with Gasteiger partial charge in [0, 0.05) is 37.7 Å². The van der Waals surface area contributed by atoms with Crippen LogP contribution in [-0.2, 0) is 4.79 Å². The van der Waals surface area contributed by atoms with Gasteiger partial charge in [0.15, 0.2) is 0 Å². The van der Waals surface area contributed by atoms with Crippen LogP contribution in [0.2, 0.25) is 0 Å². The number of aliphatic hydroxyl groups excluding tert-OH is 1. The molecule has 1 saturated carbocycles. The van der Waals surface area contributed by atoms with Gasteiger partial charge in [-0.05, 0) is 49.8 Å². The van der Waals surface area contributed by atoms with E-state index in [1.165, 1.54) is 12.3 Å². The number of ether oxygens (including phenoxy) is 1. The Kier molecular flexibility index (Phi) is 6.34. The molecule has 0 saturated heterocycles. The first-order valence-electron chi connectivity index (χ1n) is 9.28. The lowest BCUT2D eigenvalue weighted by Gasteiger charge is -2.30. The number of amides is 1. The summed E-state index contributed by atoms with van der Waals surface area (Å²) in [4.78, 5) is 12.7. The Morgan fingerprint density at radius 2 is 2.11 bits per heavy atom. The third-order valence-electron chi connectivity index (χ3n) is 5.03. The standard InChI is InChI=1S/C20H26FN3O3/c1-22-16-3-2-4-17(10-16)27-20-18(9-14(21)11-23-20)19(26)24-15-7-5-13(12-25)6-8-15/h2-4,9-11,13,15,20,22-23,25H,5-8,12H2,1H3,(H,24,26). The van der Waals surface area contributed by atoms with Gasteiger partial charge < -0.3 is 25.8 Å². The second-order valence-corrected chi connectivity index (χ2v) is 6.94. The number of allylic oxidation sites excluding steroid dienone is 2. The third-order valence-corrected chi connectivity index (χ3v) is 5.03. The molecule has 0 bridgehead atoms. The average molecular weight is 375 g/mol. The monoisotopic (exact) mass is 375 g/mol. The normalized spacial score (nSPS) is 24.9. The summed E-state index contributed by atoms with van der Waals surface area (Å²) in [5.74, 6) is 0.0165. The minimum absolute atomic E-state index is 0.0310. The Hall–Kier alpha value is -2.54. The number of nitrogens with one attached hydrogen (secondary N) is 3. The average Bonchev–Trinajstić information content (AvgIpc) is 2.70.